The molecule has 3 nitrogen and oxygen atoms in total. The fourth-order valence-corrected chi connectivity index (χ4v) is 12.7. The standard InChI is InChI=1S/C66H41N3S/c1-3-17-42(18-4-1)44-35-45(43-19-5-2-6-20-43)37-46(36-44)47-38-49(68-60-28-14-9-23-53(60)54-24-10-15-29-61(54)68)40-50(39-47)69-62-30-16-11-25-56(62)65-63(69)33-32-55-57-41-48(31-34-64(57)70-66(55)65)67-58-26-12-7-21-51(58)52-22-8-13-27-59(52)67/h1-41H. The van der Waals surface area contributed by atoms with Crippen LogP contribution in [0.15, 0.2) is 249 Å². The van der Waals surface area contributed by atoms with Crippen LogP contribution in [0.25, 0.3) is 136 Å². The molecule has 0 saturated heterocycles. The summed E-state index contributed by atoms with van der Waals surface area (Å²) in [4.78, 5) is 0. The van der Waals surface area contributed by atoms with Gasteiger partial charge in [0.25, 0.3) is 0 Å². The van der Waals surface area contributed by atoms with Crippen LogP contribution in [0.2, 0.25) is 0 Å². The smallest absolute Gasteiger partial charge is 0.0555 e. The molecule has 70 heavy (non-hydrogen) atoms. The van der Waals surface area contributed by atoms with Gasteiger partial charge in [-0.25, -0.2) is 0 Å². The van der Waals surface area contributed by atoms with Gasteiger partial charge in [0.15, 0.2) is 0 Å². The molecular weight excluding hydrogens is 867 g/mol. The van der Waals surface area contributed by atoms with Crippen LogP contribution >= 0.6 is 11.3 Å². The Morgan fingerprint density at radius 3 is 1.14 bits per heavy atom. The Kier molecular flexibility index (Phi) is 8.53. The lowest BCUT2D eigenvalue weighted by atomic mass is 9.93. The second kappa shape index (κ2) is 15.3. The lowest BCUT2D eigenvalue weighted by Crippen LogP contribution is -2.00. The van der Waals surface area contributed by atoms with Crippen molar-refractivity contribution < 1.29 is 0 Å². The van der Waals surface area contributed by atoms with Gasteiger partial charge in [0.2, 0.25) is 0 Å². The van der Waals surface area contributed by atoms with Gasteiger partial charge >= 0.3 is 0 Å². The molecule has 0 saturated carbocycles. The quantitative estimate of drug-likeness (QED) is 0.158. The van der Waals surface area contributed by atoms with E-state index in [0.717, 1.165) is 22.5 Å². The molecule has 0 atom stereocenters. The lowest BCUT2D eigenvalue weighted by Gasteiger charge is -2.17. The minimum absolute atomic E-state index is 1.11. The van der Waals surface area contributed by atoms with Crippen molar-refractivity contribution in [3.63, 3.8) is 0 Å². The van der Waals surface area contributed by atoms with Gasteiger partial charge in [0, 0.05) is 69.6 Å². The minimum Gasteiger partial charge on any atom is -0.309 e. The van der Waals surface area contributed by atoms with E-state index in [9.17, 15) is 0 Å². The number of para-hydroxylation sites is 5. The van der Waals surface area contributed by atoms with Crippen LogP contribution in [-0.4, -0.2) is 13.7 Å². The molecule has 0 aliphatic carbocycles. The van der Waals surface area contributed by atoms with Crippen LogP contribution in [0.4, 0.5) is 0 Å². The van der Waals surface area contributed by atoms with Gasteiger partial charge in [0.1, 0.15) is 0 Å². The van der Waals surface area contributed by atoms with Gasteiger partial charge in [-0.15, -0.1) is 11.3 Å². The molecule has 4 heteroatoms. The van der Waals surface area contributed by atoms with Crippen molar-refractivity contribution in [3.8, 4) is 50.4 Å². The summed E-state index contributed by atoms with van der Waals surface area (Å²) in [5, 5.41) is 10.1. The summed E-state index contributed by atoms with van der Waals surface area (Å²) in [7, 11) is 0. The third-order valence-electron chi connectivity index (χ3n) is 14.6. The van der Waals surface area contributed by atoms with Crippen LogP contribution in [0.5, 0.6) is 0 Å². The first kappa shape index (κ1) is 39.1. The van der Waals surface area contributed by atoms with Crippen molar-refractivity contribution >= 4 is 96.9 Å². The number of hydrogen-bond donors (Lipinski definition) is 0. The molecule has 0 fully saturated rings. The molecule has 15 rings (SSSR count). The highest BCUT2D eigenvalue weighted by Gasteiger charge is 2.21. The Balaban J connectivity index is 0.998. The second-order valence-corrected chi connectivity index (χ2v) is 19.5. The Morgan fingerprint density at radius 2 is 0.629 bits per heavy atom. The van der Waals surface area contributed by atoms with E-state index >= 15 is 0 Å². The fraction of sp³-hybridized carbons (Fsp3) is 0. The first-order valence-electron chi connectivity index (χ1n) is 24.0. The van der Waals surface area contributed by atoms with Crippen LogP contribution in [0.1, 0.15) is 0 Å². The zero-order valence-corrected chi connectivity index (χ0v) is 38.7. The van der Waals surface area contributed by atoms with Crippen molar-refractivity contribution in [3.05, 3.63) is 249 Å². The fourth-order valence-electron chi connectivity index (χ4n) is 11.5. The molecule has 15 aromatic rings. The molecule has 0 aliphatic rings. The molecule has 4 heterocycles. The molecule has 4 aromatic heterocycles. The summed E-state index contributed by atoms with van der Waals surface area (Å²) in [6.45, 7) is 0. The first-order valence-corrected chi connectivity index (χ1v) is 24.8. The van der Waals surface area contributed by atoms with Gasteiger partial charge < -0.3 is 13.7 Å². The Bertz CT molecular complexity index is 4420. The highest BCUT2D eigenvalue weighted by Crippen LogP contribution is 2.46. The Hall–Kier alpha value is -8.96. The third kappa shape index (κ3) is 5.87. The normalized spacial score (nSPS) is 12.0. The predicted octanol–water partition coefficient (Wildman–Crippen LogP) is 18.3. The molecule has 0 aliphatic heterocycles. The zero-order chi connectivity index (χ0) is 45.9. The molecule has 0 unspecified atom stereocenters. The van der Waals surface area contributed by atoms with E-state index in [-0.39, 0.29) is 0 Å². The molecule has 0 radical (unpaired) electrons. The topological polar surface area (TPSA) is 14.8 Å². The number of benzene rings is 11. The maximum absolute atomic E-state index is 2.51. The van der Waals surface area contributed by atoms with Crippen LogP contribution < -0.4 is 0 Å². The predicted molar refractivity (Wildman–Crippen MR) is 299 cm³/mol. The average Bonchev–Trinajstić information content (AvgIpc) is 4.17. The third-order valence-corrected chi connectivity index (χ3v) is 15.8. The maximum atomic E-state index is 2.51. The zero-order valence-electron chi connectivity index (χ0n) is 37.9. The summed E-state index contributed by atoms with van der Waals surface area (Å²) in [5.41, 5.74) is 17.7. The van der Waals surface area contributed by atoms with Gasteiger partial charge in [-0.3, -0.25) is 0 Å². The summed E-state index contributed by atoms with van der Waals surface area (Å²) >= 11 is 1.90. The lowest BCUT2D eigenvalue weighted by molar-refractivity contribution is 1.13. The van der Waals surface area contributed by atoms with E-state index < -0.39 is 0 Å². The van der Waals surface area contributed by atoms with E-state index in [0.29, 0.717) is 0 Å². The summed E-state index contributed by atoms with van der Waals surface area (Å²) in [6.07, 6.45) is 0. The van der Waals surface area contributed by atoms with Crippen molar-refractivity contribution in [1.29, 1.82) is 0 Å². The molecule has 0 N–H and O–H groups in total. The van der Waals surface area contributed by atoms with E-state index in [1.54, 1.807) is 0 Å². The van der Waals surface area contributed by atoms with Gasteiger partial charge in [-0.2, -0.15) is 0 Å². The SMILES string of the molecule is c1ccc(-c2cc(-c3ccccc3)cc(-c3cc(-n4c5ccccc5c5ccccc54)cc(-n4c5ccccc5c5c6sc7ccc(-n8c9ccccc9c9ccccc98)cc7c6ccc54)c3)c2)cc1. The van der Waals surface area contributed by atoms with Crippen LogP contribution in [-0.2, 0) is 0 Å². The van der Waals surface area contributed by atoms with E-state index in [1.165, 1.54) is 114 Å². The van der Waals surface area contributed by atoms with Crippen molar-refractivity contribution in [2.45, 2.75) is 0 Å². The van der Waals surface area contributed by atoms with Crippen LogP contribution in [0, 0.1) is 0 Å². The second-order valence-electron chi connectivity index (χ2n) is 18.5. The van der Waals surface area contributed by atoms with Crippen molar-refractivity contribution in [2.24, 2.45) is 0 Å². The summed E-state index contributed by atoms with van der Waals surface area (Å²) in [6, 6.07) is 91.8. The highest BCUT2D eigenvalue weighted by atomic mass is 32.1. The van der Waals surface area contributed by atoms with E-state index in [4.69, 9.17) is 0 Å². The molecule has 11 aromatic carbocycles. The number of fused-ring (bicyclic) bond motifs is 13. The molecule has 0 spiro atoms. The van der Waals surface area contributed by atoms with Crippen molar-refractivity contribution in [2.75, 3.05) is 0 Å². The summed E-state index contributed by atoms with van der Waals surface area (Å²) < 4.78 is 10.00. The van der Waals surface area contributed by atoms with E-state index in [2.05, 4.69) is 262 Å². The molecular formula is C66H41N3S. The average molecular weight is 908 g/mol. The molecule has 0 amide bonds. The largest absolute Gasteiger partial charge is 0.309 e. The molecule has 326 valence electrons. The highest BCUT2D eigenvalue weighted by molar-refractivity contribution is 7.26. The number of rotatable bonds is 6. The monoisotopic (exact) mass is 907 g/mol. The maximum Gasteiger partial charge on any atom is 0.0555 e. The summed E-state index contributed by atoms with van der Waals surface area (Å²) in [5.74, 6) is 0. The number of nitrogens with zero attached hydrogens (tertiary/aromatic N) is 3. The number of thiophene rings is 1. The van der Waals surface area contributed by atoms with Crippen molar-refractivity contribution in [1.82, 2.24) is 13.7 Å². The Labute approximate surface area is 407 Å². The minimum atomic E-state index is 1.11. The van der Waals surface area contributed by atoms with Gasteiger partial charge in [0.05, 0.1) is 33.1 Å². The van der Waals surface area contributed by atoms with Gasteiger partial charge in [-0.1, -0.05) is 158 Å². The Morgan fingerprint density at radius 1 is 0.229 bits per heavy atom. The van der Waals surface area contributed by atoms with Gasteiger partial charge in [-0.05, 0) is 124 Å². The number of hydrogen-bond acceptors (Lipinski definition) is 1. The van der Waals surface area contributed by atoms with Crippen LogP contribution in [0.3, 0.4) is 0 Å². The first-order chi connectivity index (χ1) is 34.7. The molecule has 0 bridgehead atoms. The number of aromatic nitrogens is 3. The van der Waals surface area contributed by atoms with E-state index in [1.807, 2.05) is 11.3 Å².